The highest BCUT2D eigenvalue weighted by molar-refractivity contribution is 7.45. The molecule has 0 aliphatic carbocycles. The number of carbonyl (C=O) groups is 2. The first-order valence-corrected chi connectivity index (χ1v) is 23.7. The van der Waals surface area contributed by atoms with Gasteiger partial charge >= 0.3 is 11.9 Å². The van der Waals surface area contributed by atoms with E-state index in [-0.39, 0.29) is 26.1 Å². The first-order valence-electron chi connectivity index (χ1n) is 22.2. The van der Waals surface area contributed by atoms with Gasteiger partial charge < -0.3 is 27.9 Å². The van der Waals surface area contributed by atoms with Crippen molar-refractivity contribution in [2.24, 2.45) is 0 Å². The fourth-order valence-corrected chi connectivity index (χ4v) is 6.59. The van der Waals surface area contributed by atoms with Gasteiger partial charge in [-0.3, -0.25) is 14.2 Å². The van der Waals surface area contributed by atoms with Crippen molar-refractivity contribution < 1.29 is 42.1 Å². The number of ether oxygens (including phenoxy) is 2. The number of quaternary nitrogens is 1. The van der Waals surface area contributed by atoms with Crippen molar-refractivity contribution in [1.29, 1.82) is 0 Å². The highest BCUT2D eigenvalue weighted by Crippen LogP contribution is 2.38. The summed E-state index contributed by atoms with van der Waals surface area (Å²) in [5.41, 5.74) is 0. The van der Waals surface area contributed by atoms with Gasteiger partial charge in [-0.25, -0.2) is 0 Å². The van der Waals surface area contributed by atoms with Crippen molar-refractivity contribution in [3.05, 3.63) is 36.5 Å². The third kappa shape index (κ3) is 41.7. The van der Waals surface area contributed by atoms with Crippen LogP contribution >= 0.6 is 7.82 Å². The molecule has 0 aliphatic rings. The average molecular weight is 798 g/mol. The summed E-state index contributed by atoms with van der Waals surface area (Å²) in [5, 5.41) is 0. The number of phosphoric acid groups is 1. The standard InChI is InChI=1S/C45H84NO8P/c1-6-8-10-12-14-16-18-20-22-23-24-26-27-29-31-33-35-37-44(47)51-41-43(42-53-55(49,50)52-40-39-46(3,4)5)54-45(48)38-36-34-32-30-28-25-21-19-17-15-13-11-9-7-2/h19,21,24,26,29,31,43H,6-18,20,22-23,25,27-28,30,32-42H2,1-5H3/b21-19+,26-24+,31-29+/t43-/m1/s1. The van der Waals surface area contributed by atoms with Gasteiger partial charge in [-0.1, -0.05) is 147 Å². The maximum absolute atomic E-state index is 12.6. The Morgan fingerprint density at radius 3 is 1.51 bits per heavy atom. The molecule has 0 heterocycles. The summed E-state index contributed by atoms with van der Waals surface area (Å²) in [4.78, 5) is 37.5. The Morgan fingerprint density at radius 2 is 1.00 bits per heavy atom. The molecule has 9 nitrogen and oxygen atoms in total. The molecule has 0 radical (unpaired) electrons. The maximum atomic E-state index is 12.6. The number of rotatable bonds is 40. The number of hydrogen-bond donors (Lipinski definition) is 0. The molecular weight excluding hydrogens is 713 g/mol. The molecule has 0 aliphatic heterocycles. The Labute approximate surface area is 338 Å². The van der Waals surface area contributed by atoms with Gasteiger partial charge in [0.25, 0.3) is 7.82 Å². The second kappa shape index (κ2) is 37.8. The van der Waals surface area contributed by atoms with Gasteiger partial charge in [0.1, 0.15) is 19.8 Å². The van der Waals surface area contributed by atoms with Crippen LogP contribution in [-0.4, -0.2) is 70.0 Å². The molecule has 0 aromatic rings. The van der Waals surface area contributed by atoms with E-state index < -0.39 is 32.5 Å². The lowest BCUT2D eigenvalue weighted by molar-refractivity contribution is -0.870. The Morgan fingerprint density at radius 1 is 0.564 bits per heavy atom. The molecule has 10 heteroatoms. The summed E-state index contributed by atoms with van der Waals surface area (Å²) in [5.74, 6) is -0.896. The normalized spacial score (nSPS) is 13.9. The molecule has 0 saturated heterocycles. The van der Waals surface area contributed by atoms with Crippen molar-refractivity contribution >= 4 is 19.8 Å². The van der Waals surface area contributed by atoms with Crippen LogP contribution in [0.4, 0.5) is 0 Å². The van der Waals surface area contributed by atoms with E-state index in [1.807, 2.05) is 21.1 Å². The first-order chi connectivity index (χ1) is 26.5. The van der Waals surface area contributed by atoms with Crippen molar-refractivity contribution in [1.82, 2.24) is 0 Å². The molecule has 2 atom stereocenters. The van der Waals surface area contributed by atoms with Crippen LogP contribution in [0.1, 0.15) is 187 Å². The van der Waals surface area contributed by atoms with Crippen molar-refractivity contribution in [2.75, 3.05) is 47.5 Å². The van der Waals surface area contributed by atoms with Crippen LogP contribution < -0.4 is 4.89 Å². The second-order valence-electron chi connectivity index (χ2n) is 16.1. The minimum absolute atomic E-state index is 0.0385. The number of likely N-dealkylation sites (N-methyl/N-ethyl adjacent to an activating group) is 1. The number of phosphoric ester groups is 1. The van der Waals surface area contributed by atoms with Crippen LogP contribution in [0, 0.1) is 0 Å². The fraction of sp³-hybridized carbons (Fsp3) is 0.822. The summed E-state index contributed by atoms with van der Waals surface area (Å²) < 4.78 is 33.8. The fourth-order valence-electron chi connectivity index (χ4n) is 5.86. The Kier molecular flexibility index (Phi) is 36.6. The summed E-state index contributed by atoms with van der Waals surface area (Å²) in [6, 6.07) is 0. The molecule has 0 amide bonds. The van der Waals surface area contributed by atoms with Crippen LogP contribution in [0.25, 0.3) is 0 Å². The molecule has 0 bridgehead atoms. The minimum atomic E-state index is -4.63. The van der Waals surface area contributed by atoms with Crippen molar-refractivity contribution in [3.63, 3.8) is 0 Å². The predicted octanol–water partition coefficient (Wildman–Crippen LogP) is 11.9. The molecular formula is C45H84NO8P. The zero-order valence-electron chi connectivity index (χ0n) is 36.1. The highest BCUT2D eigenvalue weighted by Gasteiger charge is 2.21. The monoisotopic (exact) mass is 798 g/mol. The van der Waals surface area contributed by atoms with E-state index >= 15 is 0 Å². The van der Waals surface area contributed by atoms with Crippen molar-refractivity contribution in [3.8, 4) is 0 Å². The summed E-state index contributed by atoms with van der Waals surface area (Å²) in [7, 11) is 1.14. The van der Waals surface area contributed by atoms with Crippen LogP contribution in [0.2, 0.25) is 0 Å². The highest BCUT2D eigenvalue weighted by atomic mass is 31.2. The second-order valence-corrected chi connectivity index (χ2v) is 17.5. The number of nitrogens with zero attached hydrogens (tertiary/aromatic N) is 1. The van der Waals surface area contributed by atoms with Crippen molar-refractivity contribution in [2.45, 2.75) is 193 Å². The first kappa shape index (κ1) is 53.2. The van der Waals surface area contributed by atoms with E-state index in [1.165, 1.54) is 96.3 Å². The van der Waals surface area contributed by atoms with E-state index in [0.29, 0.717) is 23.9 Å². The SMILES string of the molecule is CCCCCCC/C=C/CCCCCCCC(=O)O[C@H](COC(=O)CCC/C=C/C/C=C/CCCCCCCCCCC)COP(=O)([O-])OCC[N+](C)(C)C. The number of allylic oxidation sites excluding steroid dienone is 6. The van der Waals surface area contributed by atoms with Crippen LogP contribution in [-0.2, 0) is 32.7 Å². The molecule has 322 valence electrons. The maximum Gasteiger partial charge on any atom is 0.306 e. The van der Waals surface area contributed by atoms with E-state index in [2.05, 4.69) is 50.3 Å². The Hall–Kier alpha value is -1.77. The van der Waals surface area contributed by atoms with E-state index in [9.17, 15) is 19.0 Å². The number of unbranched alkanes of at least 4 members (excludes halogenated alkanes) is 20. The summed E-state index contributed by atoms with van der Waals surface area (Å²) >= 11 is 0. The lowest BCUT2D eigenvalue weighted by Crippen LogP contribution is -2.37. The van der Waals surface area contributed by atoms with E-state index in [0.717, 1.165) is 51.4 Å². The average Bonchev–Trinajstić information content (AvgIpc) is 3.13. The molecule has 0 N–H and O–H groups in total. The van der Waals surface area contributed by atoms with Gasteiger partial charge in [0.05, 0.1) is 27.7 Å². The van der Waals surface area contributed by atoms with Gasteiger partial charge in [-0.05, 0) is 64.2 Å². The van der Waals surface area contributed by atoms with Crippen LogP contribution in [0.15, 0.2) is 36.5 Å². The van der Waals surface area contributed by atoms with Gasteiger partial charge in [-0.15, -0.1) is 0 Å². The largest absolute Gasteiger partial charge is 0.756 e. The molecule has 0 aromatic heterocycles. The summed E-state index contributed by atoms with van der Waals surface area (Å²) in [6.07, 6.45) is 41.8. The van der Waals surface area contributed by atoms with Crippen LogP contribution in [0.5, 0.6) is 0 Å². The topological polar surface area (TPSA) is 111 Å². The van der Waals surface area contributed by atoms with E-state index in [4.69, 9.17) is 18.5 Å². The smallest absolute Gasteiger partial charge is 0.306 e. The molecule has 55 heavy (non-hydrogen) atoms. The number of esters is 2. The van der Waals surface area contributed by atoms with Gasteiger partial charge in [0.2, 0.25) is 0 Å². The molecule has 0 saturated carbocycles. The van der Waals surface area contributed by atoms with Gasteiger partial charge in [0, 0.05) is 12.8 Å². The zero-order valence-corrected chi connectivity index (χ0v) is 37.0. The van der Waals surface area contributed by atoms with E-state index in [1.54, 1.807) is 0 Å². The summed E-state index contributed by atoms with van der Waals surface area (Å²) in [6.45, 7) is 4.16. The third-order valence-corrected chi connectivity index (χ3v) is 10.3. The molecule has 0 rings (SSSR count). The lowest BCUT2D eigenvalue weighted by Gasteiger charge is -2.28. The predicted molar refractivity (Wildman–Crippen MR) is 227 cm³/mol. The molecule has 1 unspecified atom stereocenters. The Balaban J connectivity index is 4.42. The molecule has 0 spiro atoms. The number of hydrogen-bond acceptors (Lipinski definition) is 8. The minimum Gasteiger partial charge on any atom is -0.756 e. The van der Waals surface area contributed by atoms with Gasteiger partial charge in [0.15, 0.2) is 6.10 Å². The quantitative estimate of drug-likeness (QED) is 0.0198. The van der Waals surface area contributed by atoms with Crippen LogP contribution in [0.3, 0.4) is 0 Å². The number of carbonyl (C=O) groups excluding carboxylic acids is 2. The zero-order chi connectivity index (χ0) is 40.7. The third-order valence-electron chi connectivity index (χ3n) is 9.38. The van der Waals surface area contributed by atoms with Gasteiger partial charge in [-0.2, -0.15) is 0 Å². The lowest BCUT2D eigenvalue weighted by atomic mass is 10.1. The molecule has 0 fully saturated rings. The Bertz CT molecular complexity index is 1040. The molecule has 0 aromatic carbocycles.